The Balaban J connectivity index is 2.11. The second-order valence-electron chi connectivity index (χ2n) is 9.01. The van der Waals surface area contributed by atoms with Gasteiger partial charge in [-0.25, -0.2) is 4.79 Å². The number of aryl methyl sites for hydroxylation is 2. The molecule has 2 aromatic carbocycles. The second-order valence-corrected chi connectivity index (χ2v) is 9.01. The molecule has 38 heavy (non-hydrogen) atoms. The van der Waals surface area contributed by atoms with Crippen LogP contribution in [0.1, 0.15) is 33.4 Å². The van der Waals surface area contributed by atoms with Gasteiger partial charge in [0, 0.05) is 12.1 Å². The van der Waals surface area contributed by atoms with Crippen LogP contribution in [-0.2, 0) is 22.7 Å². The zero-order valence-corrected chi connectivity index (χ0v) is 22.3. The summed E-state index contributed by atoms with van der Waals surface area (Å²) >= 11 is 0. The lowest BCUT2D eigenvalue weighted by Crippen LogP contribution is -2.11. The van der Waals surface area contributed by atoms with Gasteiger partial charge in [0.05, 0.1) is 22.9 Å². The zero-order valence-electron chi connectivity index (χ0n) is 22.3. The zero-order chi connectivity index (χ0) is 28.4. The first-order valence-electron chi connectivity index (χ1n) is 11.5. The van der Waals surface area contributed by atoms with Crippen molar-refractivity contribution in [3.8, 4) is 23.7 Å². The average Bonchev–Trinajstić information content (AvgIpc) is 2.82. The summed E-state index contributed by atoms with van der Waals surface area (Å²) in [5.74, 6) is 11.4. The fraction of sp³-hybridized carbons (Fsp3) is 0.370. The molecular weight excluding hydrogens is 492 g/mol. The lowest BCUT2D eigenvalue weighted by Gasteiger charge is -2.11. The Morgan fingerprint density at radius 2 is 1.13 bits per heavy atom. The Morgan fingerprint density at radius 3 is 1.45 bits per heavy atom. The van der Waals surface area contributed by atoms with Crippen LogP contribution in [0.15, 0.2) is 24.3 Å². The van der Waals surface area contributed by atoms with E-state index in [4.69, 9.17) is 9.47 Å². The van der Waals surface area contributed by atoms with E-state index in [1.54, 1.807) is 26.0 Å². The molecule has 0 saturated heterocycles. The summed E-state index contributed by atoms with van der Waals surface area (Å²) in [5.41, 5.74) is 2.35. The molecule has 0 radical (unpaired) electrons. The van der Waals surface area contributed by atoms with Gasteiger partial charge in [0.2, 0.25) is 0 Å². The van der Waals surface area contributed by atoms with E-state index in [1.165, 1.54) is 12.1 Å². The molecule has 11 nitrogen and oxygen atoms in total. The van der Waals surface area contributed by atoms with Crippen LogP contribution >= 0.6 is 0 Å². The van der Waals surface area contributed by atoms with Gasteiger partial charge >= 0.3 is 6.16 Å². The third-order valence-electron chi connectivity index (χ3n) is 5.23. The van der Waals surface area contributed by atoms with E-state index in [0.717, 1.165) is 0 Å². The highest BCUT2D eigenvalue weighted by Crippen LogP contribution is 2.25. The molecule has 2 aromatic rings. The maximum absolute atomic E-state index is 12.2. The fourth-order valence-corrected chi connectivity index (χ4v) is 3.19. The van der Waals surface area contributed by atoms with E-state index < -0.39 is 16.0 Å². The van der Waals surface area contributed by atoms with Crippen molar-refractivity contribution in [1.29, 1.82) is 0 Å². The predicted molar refractivity (Wildman–Crippen MR) is 142 cm³/mol. The quantitative estimate of drug-likeness (QED) is 0.220. The highest BCUT2D eigenvalue weighted by Gasteiger charge is 2.19. The first-order chi connectivity index (χ1) is 17.9. The minimum absolute atomic E-state index is 0.189. The largest absolute Gasteiger partial charge is 0.508 e. The Labute approximate surface area is 221 Å². The molecular formula is C27H30N4O7. The van der Waals surface area contributed by atoms with Crippen molar-refractivity contribution in [2.75, 3.05) is 41.3 Å². The molecule has 0 saturated carbocycles. The topological polar surface area (TPSA) is 128 Å². The number of carbonyl (C=O) groups is 1. The monoisotopic (exact) mass is 522 g/mol. The van der Waals surface area contributed by atoms with Gasteiger partial charge in [0.25, 0.3) is 11.4 Å². The highest BCUT2D eigenvalue weighted by molar-refractivity contribution is 5.61. The molecule has 0 heterocycles. The molecule has 0 fully saturated rings. The smallest absolute Gasteiger partial charge is 0.429 e. The maximum Gasteiger partial charge on any atom is 0.508 e. The van der Waals surface area contributed by atoms with Crippen LogP contribution in [0, 0.1) is 57.8 Å². The molecule has 11 heteroatoms. The lowest BCUT2D eigenvalue weighted by molar-refractivity contribution is -0.385. The molecule has 0 unspecified atom stereocenters. The Morgan fingerprint density at radius 1 is 0.763 bits per heavy atom. The summed E-state index contributed by atoms with van der Waals surface area (Å²) < 4.78 is 10.3. The predicted octanol–water partition coefficient (Wildman–Crippen LogP) is 3.80. The Bertz CT molecular complexity index is 1240. The molecule has 200 valence electrons. The van der Waals surface area contributed by atoms with Crippen LogP contribution < -0.4 is 0 Å². The summed E-state index contributed by atoms with van der Waals surface area (Å²) in [7, 11) is 7.36. The summed E-state index contributed by atoms with van der Waals surface area (Å²) in [6.45, 7) is 3.85. The first-order valence-corrected chi connectivity index (χ1v) is 11.5. The van der Waals surface area contributed by atoms with Crippen molar-refractivity contribution < 1.29 is 24.1 Å². The molecule has 2 rings (SSSR count). The number of hydrogen-bond acceptors (Lipinski definition) is 9. The van der Waals surface area contributed by atoms with E-state index in [1.807, 2.05) is 38.0 Å². The number of hydrogen-bond donors (Lipinski definition) is 0. The fourth-order valence-electron chi connectivity index (χ4n) is 3.19. The van der Waals surface area contributed by atoms with E-state index in [2.05, 4.69) is 23.7 Å². The summed E-state index contributed by atoms with van der Waals surface area (Å²) in [6.07, 6.45) is -1.01. The average molecular weight is 523 g/mol. The van der Waals surface area contributed by atoms with Gasteiger partial charge in [-0.05, 0) is 76.4 Å². The standard InChI is InChI=1S/C27H30N4O7/c1-19-13-21(9-7-11-28(3)4)25(30(33)34)15-23(19)17-37-27(32)38-18-24-16-26(31(35)36)22(14-20(24)2)10-8-12-29(5)6/h13-16H,11-12,17-18H2,1-6H3. The van der Waals surface area contributed by atoms with Crippen LogP contribution in [0.25, 0.3) is 0 Å². The van der Waals surface area contributed by atoms with Crippen LogP contribution in [-0.4, -0.2) is 67.1 Å². The highest BCUT2D eigenvalue weighted by atomic mass is 16.7. The van der Waals surface area contributed by atoms with Gasteiger partial charge in [-0.2, -0.15) is 0 Å². The third-order valence-corrected chi connectivity index (χ3v) is 5.23. The van der Waals surface area contributed by atoms with Crippen molar-refractivity contribution in [3.05, 3.63) is 77.9 Å². The summed E-state index contributed by atoms with van der Waals surface area (Å²) in [5, 5.41) is 23.1. The molecule has 0 aromatic heterocycles. The van der Waals surface area contributed by atoms with Gasteiger partial charge in [0.1, 0.15) is 24.3 Å². The van der Waals surface area contributed by atoms with Crippen molar-refractivity contribution in [3.63, 3.8) is 0 Å². The number of nitro groups is 2. The number of benzene rings is 2. The second kappa shape index (κ2) is 13.7. The molecule has 0 aliphatic heterocycles. The number of rotatable bonds is 8. The van der Waals surface area contributed by atoms with Crippen molar-refractivity contribution >= 4 is 17.5 Å². The Hall–Kier alpha value is -4.45. The lowest BCUT2D eigenvalue weighted by atomic mass is 10.0. The SMILES string of the molecule is Cc1cc(C#CCN(C)C)c([N+](=O)[O-])cc1COC(=O)OCc1cc([N+](=O)[O-])c(C#CCN(C)C)cc1C. The Kier molecular flexibility index (Phi) is 10.8. The number of carbonyl (C=O) groups excluding carboxylic acids is 1. The normalized spacial score (nSPS) is 10.3. The molecule has 0 aliphatic rings. The third kappa shape index (κ3) is 8.89. The molecule has 0 aliphatic carbocycles. The molecule has 0 spiro atoms. The van der Waals surface area contributed by atoms with Gasteiger partial charge in [-0.3, -0.25) is 30.0 Å². The van der Waals surface area contributed by atoms with Gasteiger partial charge in [-0.1, -0.05) is 23.7 Å². The van der Waals surface area contributed by atoms with Crippen molar-refractivity contribution in [1.82, 2.24) is 9.80 Å². The summed E-state index contributed by atoms with van der Waals surface area (Å²) in [6, 6.07) is 5.81. The number of nitro benzene ring substituents is 2. The van der Waals surface area contributed by atoms with E-state index >= 15 is 0 Å². The molecule has 0 atom stereocenters. The molecule has 0 N–H and O–H groups in total. The van der Waals surface area contributed by atoms with Crippen molar-refractivity contribution in [2.45, 2.75) is 27.1 Å². The minimum Gasteiger partial charge on any atom is -0.429 e. The van der Waals surface area contributed by atoms with Crippen molar-refractivity contribution in [2.24, 2.45) is 0 Å². The maximum atomic E-state index is 12.2. The van der Waals surface area contributed by atoms with E-state index in [0.29, 0.717) is 35.3 Å². The van der Waals surface area contributed by atoms with Crippen LogP contribution in [0.3, 0.4) is 0 Å². The van der Waals surface area contributed by atoms with Gasteiger partial charge in [-0.15, -0.1) is 0 Å². The minimum atomic E-state index is -1.01. The first kappa shape index (κ1) is 29.8. The molecule has 0 bridgehead atoms. The number of ether oxygens (including phenoxy) is 2. The van der Waals surface area contributed by atoms with Crippen LogP contribution in [0.5, 0.6) is 0 Å². The number of nitrogens with zero attached hydrogens (tertiary/aromatic N) is 4. The van der Waals surface area contributed by atoms with Crippen LogP contribution in [0.4, 0.5) is 16.2 Å². The van der Waals surface area contributed by atoms with Crippen LogP contribution in [0.2, 0.25) is 0 Å². The van der Waals surface area contributed by atoms with Gasteiger partial charge < -0.3 is 9.47 Å². The van der Waals surface area contributed by atoms with Gasteiger partial charge in [0.15, 0.2) is 0 Å². The van der Waals surface area contributed by atoms with E-state index in [9.17, 15) is 25.0 Å². The summed E-state index contributed by atoms with van der Waals surface area (Å²) in [4.78, 5) is 37.9. The van der Waals surface area contributed by atoms with E-state index in [-0.39, 0.29) is 35.7 Å². The molecule has 0 amide bonds.